The van der Waals surface area contributed by atoms with Crippen LogP contribution in [0.3, 0.4) is 0 Å². The van der Waals surface area contributed by atoms with Gasteiger partial charge in [-0.1, -0.05) is 12.8 Å². The minimum absolute atomic E-state index is 0.126. The van der Waals surface area contributed by atoms with Gasteiger partial charge in [0.2, 0.25) is 5.91 Å². The van der Waals surface area contributed by atoms with E-state index in [4.69, 9.17) is 5.11 Å². The standard InChI is InChI=1S/C15H20FNO2/c16-13-6-7-14-12(11-13)5-8-15(19)17(14)9-3-1-2-4-10-18/h6-7,11,18H,1-5,8-10H2. The molecule has 1 aromatic carbocycles. The molecule has 0 radical (unpaired) electrons. The fourth-order valence-corrected chi connectivity index (χ4v) is 2.51. The van der Waals surface area contributed by atoms with Crippen LogP contribution in [0.4, 0.5) is 10.1 Å². The first kappa shape index (κ1) is 14.0. The highest BCUT2D eigenvalue weighted by Gasteiger charge is 2.23. The number of rotatable bonds is 6. The van der Waals surface area contributed by atoms with Crippen LogP contribution in [-0.4, -0.2) is 24.2 Å². The summed E-state index contributed by atoms with van der Waals surface area (Å²) in [7, 11) is 0. The van der Waals surface area contributed by atoms with E-state index in [2.05, 4.69) is 0 Å². The van der Waals surface area contributed by atoms with Crippen molar-refractivity contribution in [3.8, 4) is 0 Å². The van der Waals surface area contributed by atoms with Crippen molar-refractivity contribution in [1.82, 2.24) is 0 Å². The van der Waals surface area contributed by atoms with Gasteiger partial charge in [0.25, 0.3) is 0 Å². The lowest BCUT2D eigenvalue weighted by atomic mass is 10.0. The molecule has 2 rings (SSSR count). The van der Waals surface area contributed by atoms with Gasteiger partial charge in [0.05, 0.1) is 0 Å². The van der Waals surface area contributed by atoms with Crippen LogP contribution >= 0.6 is 0 Å². The third-order valence-electron chi connectivity index (χ3n) is 3.53. The maximum atomic E-state index is 13.2. The van der Waals surface area contributed by atoms with Gasteiger partial charge in [0.15, 0.2) is 0 Å². The molecule has 1 aliphatic rings. The molecule has 1 aromatic rings. The summed E-state index contributed by atoms with van der Waals surface area (Å²) in [4.78, 5) is 13.7. The minimum atomic E-state index is -0.240. The molecule has 0 saturated carbocycles. The Labute approximate surface area is 113 Å². The molecule has 1 aliphatic heterocycles. The zero-order valence-electron chi connectivity index (χ0n) is 11.1. The Kier molecular flexibility index (Phi) is 4.91. The molecular formula is C15H20FNO2. The molecule has 0 saturated heterocycles. The normalized spacial score (nSPS) is 14.6. The van der Waals surface area contributed by atoms with Crippen molar-refractivity contribution in [2.75, 3.05) is 18.1 Å². The van der Waals surface area contributed by atoms with E-state index in [1.807, 2.05) is 0 Å². The van der Waals surface area contributed by atoms with Crippen LogP contribution in [0, 0.1) is 5.82 Å². The van der Waals surface area contributed by atoms with Crippen molar-refractivity contribution in [2.24, 2.45) is 0 Å². The van der Waals surface area contributed by atoms with Gasteiger partial charge in [0.1, 0.15) is 5.82 Å². The number of aliphatic hydroxyl groups excluding tert-OH is 1. The van der Waals surface area contributed by atoms with Crippen LogP contribution < -0.4 is 4.90 Å². The number of unbranched alkanes of at least 4 members (excludes halogenated alkanes) is 3. The fraction of sp³-hybridized carbons (Fsp3) is 0.533. The largest absolute Gasteiger partial charge is 0.396 e. The molecule has 0 aromatic heterocycles. The number of hydrogen-bond acceptors (Lipinski definition) is 2. The number of anilines is 1. The number of hydrogen-bond donors (Lipinski definition) is 1. The number of aliphatic hydroxyl groups is 1. The Morgan fingerprint density at radius 2 is 1.95 bits per heavy atom. The molecule has 0 atom stereocenters. The van der Waals surface area contributed by atoms with E-state index in [9.17, 15) is 9.18 Å². The Hall–Kier alpha value is -1.42. The first-order valence-electron chi connectivity index (χ1n) is 6.92. The molecule has 4 heteroatoms. The van der Waals surface area contributed by atoms with E-state index in [1.165, 1.54) is 12.1 Å². The van der Waals surface area contributed by atoms with Crippen LogP contribution in [0.2, 0.25) is 0 Å². The van der Waals surface area contributed by atoms with E-state index >= 15 is 0 Å². The van der Waals surface area contributed by atoms with Gasteiger partial charge in [-0.05, 0) is 43.0 Å². The average Bonchev–Trinajstić information content (AvgIpc) is 2.41. The van der Waals surface area contributed by atoms with Gasteiger partial charge >= 0.3 is 0 Å². The number of halogens is 1. The summed E-state index contributed by atoms with van der Waals surface area (Å²) in [6.45, 7) is 0.910. The van der Waals surface area contributed by atoms with Gasteiger partial charge in [-0.3, -0.25) is 4.79 Å². The lowest BCUT2D eigenvalue weighted by molar-refractivity contribution is -0.118. The van der Waals surface area contributed by atoms with Crippen LogP contribution in [0.5, 0.6) is 0 Å². The summed E-state index contributed by atoms with van der Waals surface area (Å²) in [6, 6.07) is 4.65. The highest BCUT2D eigenvalue weighted by atomic mass is 19.1. The Morgan fingerprint density at radius 1 is 1.16 bits per heavy atom. The third kappa shape index (κ3) is 3.53. The Morgan fingerprint density at radius 3 is 2.74 bits per heavy atom. The van der Waals surface area contributed by atoms with Crippen molar-refractivity contribution in [3.63, 3.8) is 0 Å². The molecule has 19 heavy (non-hydrogen) atoms. The predicted octanol–water partition coefficient (Wildman–Crippen LogP) is 2.66. The van der Waals surface area contributed by atoms with Crippen LogP contribution in [-0.2, 0) is 11.2 Å². The number of carbonyl (C=O) groups excluding carboxylic acids is 1. The summed E-state index contributed by atoms with van der Waals surface area (Å²) >= 11 is 0. The first-order chi connectivity index (χ1) is 9.22. The van der Waals surface area contributed by atoms with Crippen LogP contribution in [0.1, 0.15) is 37.7 Å². The monoisotopic (exact) mass is 265 g/mol. The minimum Gasteiger partial charge on any atom is -0.396 e. The van der Waals surface area contributed by atoms with E-state index in [-0.39, 0.29) is 18.3 Å². The van der Waals surface area contributed by atoms with E-state index in [0.29, 0.717) is 19.4 Å². The summed E-state index contributed by atoms with van der Waals surface area (Å²) in [5, 5.41) is 8.71. The van der Waals surface area contributed by atoms with Crippen molar-refractivity contribution in [3.05, 3.63) is 29.6 Å². The summed E-state index contributed by atoms with van der Waals surface area (Å²) in [5.74, 6) is -0.114. The highest BCUT2D eigenvalue weighted by molar-refractivity contribution is 5.96. The Balaban J connectivity index is 1.98. The van der Waals surface area contributed by atoms with Crippen molar-refractivity contribution < 1.29 is 14.3 Å². The van der Waals surface area contributed by atoms with E-state index in [0.717, 1.165) is 36.9 Å². The zero-order valence-corrected chi connectivity index (χ0v) is 11.1. The maximum Gasteiger partial charge on any atom is 0.227 e. The summed E-state index contributed by atoms with van der Waals surface area (Å²) in [5.41, 5.74) is 1.79. The van der Waals surface area contributed by atoms with E-state index < -0.39 is 0 Å². The summed E-state index contributed by atoms with van der Waals surface area (Å²) < 4.78 is 13.2. The molecule has 0 fully saturated rings. The second-order valence-corrected chi connectivity index (χ2v) is 4.96. The number of benzene rings is 1. The molecule has 3 nitrogen and oxygen atoms in total. The Bertz CT molecular complexity index is 448. The van der Waals surface area contributed by atoms with Crippen LogP contribution in [0.15, 0.2) is 18.2 Å². The maximum absolute atomic E-state index is 13.2. The molecule has 1 N–H and O–H groups in total. The SMILES string of the molecule is O=C1CCc2cc(F)ccc2N1CCCCCCO. The molecular weight excluding hydrogens is 245 g/mol. The number of carbonyl (C=O) groups is 1. The molecule has 0 bridgehead atoms. The topological polar surface area (TPSA) is 40.5 Å². The molecule has 104 valence electrons. The first-order valence-corrected chi connectivity index (χ1v) is 6.92. The van der Waals surface area contributed by atoms with Gasteiger partial charge < -0.3 is 10.0 Å². The van der Waals surface area contributed by atoms with Gasteiger partial charge in [-0.15, -0.1) is 0 Å². The molecule has 1 heterocycles. The lowest BCUT2D eigenvalue weighted by Crippen LogP contribution is -2.35. The van der Waals surface area contributed by atoms with Crippen molar-refractivity contribution in [1.29, 1.82) is 0 Å². The highest BCUT2D eigenvalue weighted by Crippen LogP contribution is 2.28. The number of aryl methyl sites for hydroxylation is 1. The average molecular weight is 265 g/mol. The smallest absolute Gasteiger partial charge is 0.227 e. The molecule has 1 amide bonds. The lowest BCUT2D eigenvalue weighted by Gasteiger charge is -2.29. The van der Waals surface area contributed by atoms with Crippen LogP contribution in [0.25, 0.3) is 0 Å². The molecule has 0 spiro atoms. The molecule has 0 aliphatic carbocycles. The van der Waals surface area contributed by atoms with E-state index in [1.54, 1.807) is 11.0 Å². The fourth-order valence-electron chi connectivity index (χ4n) is 2.51. The number of amides is 1. The predicted molar refractivity (Wildman–Crippen MR) is 72.6 cm³/mol. The van der Waals surface area contributed by atoms with Gasteiger partial charge in [-0.2, -0.15) is 0 Å². The van der Waals surface area contributed by atoms with Crippen molar-refractivity contribution >= 4 is 11.6 Å². The zero-order chi connectivity index (χ0) is 13.7. The number of fused-ring (bicyclic) bond motifs is 1. The van der Waals surface area contributed by atoms with Gasteiger partial charge in [-0.25, -0.2) is 4.39 Å². The quantitative estimate of drug-likeness (QED) is 0.803. The summed E-state index contributed by atoms with van der Waals surface area (Å²) in [6.07, 6.45) is 4.81. The second kappa shape index (κ2) is 6.66. The van der Waals surface area contributed by atoms with Gasteiger partial charge in [0, 0.05) is 25.3 Å². The third-order valence-corrected chi connectivity index (χ3v) is 3.53. The van der Waals surface area contributed by atoms with Crippen molar-refractivity contribution in [2.45, 2.75) is 38.5 Å². The molecule has 0 unspecified atom stereocenters. The second-order valence-electron chi connectivity index (χ2n) is 4.96. The number of nitrogens with zero attached hydrogens (tertiary/aromatic N) is 1.